The molecule has 0 radical (unpaired) electrons. The second-order valence-corrected chi connectivity index (χ2v) is 6.70. The Morgan fingerprint density at radius 1 is 1.26 bits per heavy atom. The van der Waals surface area contributed by atoms with Crippen molar-refractivity contribution in [2.45, 2.75) is 13.8 Å². The number of hydrazone groups is 1. The van der Waals surface area contributed by atoms with Gasteiger partial charge in [0, 0.05) is 5.56 Å². The van der Waals surface area contributed by atoms with Crippen molar-refractivity contribution in [2.24, 2.45) is 5.10 Å². The Hall–Kier alpha value is -3.26. The highest BCUT2D eigenvalue weighted by atomic mass is 32.1. The number of thiazole rings is 1. The molecular formula is C19H17FN4O2S. The van der Waals surface area contributed by atoms with E-state index >= 15 is 0 Å². The number of benzene rings is 2. The predicted octanol–water partition coefficient (Wildman–Crippen LogP) is 4.12. The second kappa shape index (κ2) is 7.96. The molecule has 0 fully saturated rings. The smallest absolute Gasteiger partial charge is 0.283 e. The first-order valence-electron chi connectivity index (χ1n) is 8.04. The Bertz CT molecular complexity index is 1000. The largest absolute Gasteiger partial charge is 0.454 e. The minimum Gasteiger partial charge on any atom is -0.454 e. The van der Waals surface area contributed by atoms with E-state index in [1.165, 1.54) is 12.1 Å². The third-order valence-electron chi connectivity index (χ3n) is 3.67. The summed E-state index contributed by atoms with van der Waals surface area (Å²) < 4.78 is 19.8. The van der Waals surface area contributed by atoms with Gasteiger partial charge in [0.1, 0.15) is 10.6 Å². The summed E-state index contributed by atoms with van der Waals surface area (Å²) in [7, 11) is 0. The van der Waals surface area contributed by atoms with Gasteiger partial charge in [0.15, 0.2) is 16.7 Å². The van der Waals surface area contributed by atoms with Crippen molar-refractivity contribution >= 4 is 28.1 Å². The number of nitrogen functional groups attached to an aromatic ring is 1. The zero-order valence-corrected chi connectivity index (χ0v) is 15.5. The molecule has 0 saturated heterocycles. The lowest BCUT2D eigenvalue weighted by molar-refractivity contribution is 0.0958. The van der Waals surface area contributed by atoms with Crippen LogP contribution >= 0.6 is 11.3 Å². The highest BCUT2D eigenvalue weighted by molar-refractivity contribution is 7.17. The molecule has 27 heavy (non-hydrogen) atoms. The number of anilines is 1. The fraction of sp³-hybridized carbons (Fsp3) is 0.105. The summed E-state index contributed by atoms with van der Waals surface area (Å²) in [6.45, 7) is 3.36. The molecule has 0 aliphatic carbocycles. The quantitative estimate of drug-likeness (QED) is 0.511. The number of rotatable bonds is 5. The Labute approximate surface area is 159 Å². The minimum absolute atomic E-state index is 0.109. The van der Waals surface area contributed by atoms with Gasteiger partial charge in [-0.25, -0.2) is 14.8 Å². The second-order valence-electron chi connectivity index (χ2n) is 5.67. The summed E-state index contributed by atoms with van der Waals surface area (Å²) in [6, 6.07) is 13.4. The van der Waals surface area contributed by atoms with E-state index in [4.69, 9.17) is 10.5 Å². The number of carbonyl (C=O) groups excluding carboxylic acids is 1. The Morgan fingerprint density at radius 2 is 2.00 bits per heavy atom. The van der Waals surface area contributed by atoms with Crippen molar-refractivity contribution in [3.63, 3.8) is 0 Å². The molecule has 3 N–H and O–H groups in total. The SMILES string of the molecule is CC(=NNC(=O)c1sc(N)nc1C)c1ccc(Oc2ccccc2)c(F)c1. The van der Waals surface area contributed by atoms with Crippen LogP contribution in [0.5, 0.6) is 11.5 Å². The van der Waals surface area contributed by atoms with E-state index in [9.17, 15) is 9.18 Å². The third kappa shape index (κ3) is 4.48. The van der Waals surface area contributed by atoms with Gasteiger partial charge in [0.25, 0.3) is 5.91 Å². The van der Waals surface area contributed by atoms with E-state index in [1.807, 2.05) is 6.07 Å². The van der Waals surface area contributed by atoms with Gasteiger partial charge in [0.2, 0.25) is 0 Å². The number of halogens is 1. The van der Waals surface area contributed by atoms with Crippen molar-refractivity contribution in [3.05, 3.63) is 70.5 Å². The fourth-order valence-corrected chi connectivity index (χ4v) is 3.03. The van der Waals surface area contributed by atoms with Crippen molar-refractivity contribution in [1.82, 2.24) is 10.4 Å². The zero-order chi connectivity index (χ0) is 19.4. The predicted molar refractivity (Wildman–Crippen MR) is 104 cm³/mol. The van der Waals surface area contributed by atoms with Crippen LogP contribution in [0, 0.1) is 12.7 Å². The molecule has 8 heteroatoms. The molecule has 0 spiro atoms. The molecule has 0 saturated carbocycles. The summed E-state index contributed by atoms with van der Waals surface area (Å²) in [4.78, 5) is 16.5. The monoisotopic (exact) mass is 384 g/mol. The number of amides is 1. The highest BCUT2D eigenvalue weighted by Gasteiger charge is 2.14. The molecule has 1 heterocycles. The van der Waals surface area contributed by atoms with Crippen LogP contribution in [0.4, 0.5) is 9.52 Å². The lowest BCUT2D eigenvalue weighted by atomic mass is 10.1. The van der Waals surface area contributed by atoms with Gasteiger partial charge >= 0.3 is 0 Å². The standard InChI is InChI=1S/C19H17FN4O2S/c1-11(23-24-18(25)17-12(2)22-19(21)27-17)13-8-9-16(15(20)10-13)26-14-6-4-3-5-7-14/h3-10H,1-2H3,(H2,21,22)(H,24,25). The molecule has 0 unspecified atom stereocenters. The molecule has 2 aromatic carbocycles. The van der Waals surface area contributed by atoms with Gasteiger partial charge in [-0.15, -0.1) is 0 Å². The zero-order valence-electron chi connectivity index (χ0n) is 14.7. The number of hydrogen-bond acceptors (Lipinski definition) is 6. The van der Waals surface area contributed by atoms with Crippen molar-refractivity contribution in [1.29, 1.82) is 0 Å². The molecule has 0 atom stereocenters. The molecular weight excluding hydrogens is 367 g/mol. The van der Waals surface area contributed by atoms with Gasteiger partial charge in [-0.2, -0.15) is 5.10 Å². The maximum atomic E-state index is 14.3. The number of nitrogens with zero attached hydrogens (tertiary/aromatic N) is 2. The molecule has 3 rings (SSSR count). The average molecular weight is 384 g/mol. The van der Waals surface area contributed by atoms with Gasteiger partial charge < -0.3 is 10.5 Å². The average Bonchev–Trinajstić information content (AvgIpc) is 3.00. The number of hydrogen-bond donors (Lipinski definition) is 2. The van der Waals surface area contributed by atoms with E-state index in [2.05, 4.69) is 15.5 Å². The summed E-state index contributed by atoms with van der Waals surface area (Å²) in [5, 5.41) is 4.34. The Kier molecular flexibility index (Phi) is 5.46. The fourth-order valence-electron chi connectivity index (χ4n) is 2.30. The lowest BCUT2D eigenvalue weighted by Gasteiger charge is -2.08. The number of carbonyl (C=O) groups is 1. The van der Waals surface area contributed by atoms with Crippen LogP contribution in [0.2, 0.25) is 0 Å². The first kappa shape index (κ1) is 18.5. The van der Waals surface area contributed by atoms with E-state index in [1.54, 1.807) is 44.2 Å². The molecule has 0 aliphatic heterocycles. The van der Waals surface area contributed by atoms with E-state index in [0.29, 0.717) is 32.7 Å². The summed E-state index contributed by atoms with van der Waals surface area (Å²) in [5.41, 5.74) is 9.53. The van der Waals surface area contributed by atoms with Crippen LogP contribution in [-0.2, 0) is 0 Å². The number of aromatic nitrogens is 1. The first-order valence-corrected chi connectivity index (χ1v) is 8.86. The van der Waals surface area contributed by atoms with Crippen LogP contribution in [0.1, 0.15) is 27.9 Å². The van der Waals surface area contributed by atoms with E-state index in [-0.39, 0.29) is 5.75 Å². The normalized spacial score (nSPS) is 11.3. The van der Waals surface area contributed by atoms with E-state index in [0.717, 1.165) is 11.3 Å². The highest BCUT2D eigenvalue weighted by Crippen LogP contribution is 2.25. The van der Waals surface area contributed by atoms with Gasteiger partial charge in [-0.3, -0.25) is 4.79 Å². The van der Waals surface area contributed by atoms with Crippen LogP contribution in [0.3, 0.4) is 0 Å². The summed E-state index contributed by atoms with van der Waals surface area (Å²) in [5.74, 6) is -0.285. The lowest BCUT2D eigenvalue weighted by Crippen LogP contribution is -2.19. The van der Waals surface area contributed by atoms with Crippen molar-refractivity contribution in [2.75, 3.05) is 5.73 Å². The maximum absolute atomic E-state index is 14.3. The molecule has 0 bridgehead atoms. The molecule has 6 nitrogen and oxygen atoms in total. The number of aryl methyl sites for hydroxylation is 1. The summed E-state index contributed by atoms with van der Waals surface area (Å²) in [6.07, 6.45) is 0. The molecule has 138 valence electrons. The topological polar surface area (TPSA) is 89.6 Å². The molecule has 3 aromatic rings. The number of ether oxygens (including phenoxy) is 1. The molecule has 1 aromatic heterocycles. The maximum Gasteiger partial charge on any atom is 0.283 e. The van der Waals surface area contributed by atoms with Crippen molar-refractivity contribution < 1.29 is 13.9 Å². The number of para-hydroxylation sites is 1. The first-order chi connectivity index (χ1) is 12.9. The number of nitrogens with two attached hydrogens (primary N) is 1. The Balaban J connectivity index is 1.72. The van der Waals surface area contributed by atoms with Gasteiger partial charge in [0.05, 0.1) is 11.4 Å². The van der Waals surface area contributed by atoms with Crippen LogP contribution < -0.4 is 15.9 Å². The van der Waals surface area contributed by atoms with Crippen molar-refractivity contribution in [3.8, 4) is 11.5 Å². The Morgan fingerprint density at radius 3 is 2.63 bits per heavy atom. The number of nitrogens with one attached hydrogen (secondary N) is 1. The molecule has 1 amide bonds. The summed E-state index contributed by atoms with van der Waals surface area (Å²) >= 11 is 1.08. The van der Waals surface area contributed by atoms with Gasteiger partial charge in [-0.05, 0) is 44.2 Å². The minimum atomic E-state index is -0.525. The van der Waals surface area contributed by atoms with Crippen LogP contribution in [0.25, 0.3) is 0 Å². The van der Waals surface area contributed by atoms with Crippen LogP contribution in [0.15, 0.2) is 53.6 Å². The molecule has 0 aliphatic rings. The van der Waals surface area contributed by atoms with Gasteiger partial charge in [-0.1, -0.05) is 29.5 Å². The van der Waals surface area contributed by atoms with E-state index < -0.39 is 11.7 Å². The van der Waals surface area contributed by atoms with Crippen LogP contribution in [-0.4, -0.2) is 16.6 Å². The third-order valence-corrected chi connectivity index (χ3v) is 4.65.